The molecule has 0 spiro atoms. The van der Waals surface area contributed by atoms with E-state index < -0.39 is 10.0 Å². The Hall–Kier alpha value is -0.980. The molecule has 0 aliphatic heterocycles. The first-order valence-corrected chi connectivity index (χ1v) is 7.66. The first kappa shape index (κ1) is 15.1. The van der Waals surface area contributed by atoms with Crippen LogP contribution in [0.5, 0.6) is 0 Å². The SMILES string of the molecule is Cc1ccncc1CNS(=O)(=O)CCNC(C)C. The summed E-state index contributed by atoms with van der Waals surface area (Å²) in [5.41, 5.74) is 1.94. The van der Waals surface area contributed by atoms with Gasteiger partial charge >= 0.3 is 0 Å². The van der Waals surface area contributed by atoms with Gasteiger partial charge in [-0.05, 0) is 24.1 Å². The van der Waals surface area contributed by atoms with Crippen molar-refractivity contribution in [2.45, 2.75) is 33.4 Å². The van der Waals surface area contributed by atoms with Crippen molar-refractivity contribution < 1.29 is 8.42 Å². The summed E-state index contributed by atoms with van der Waals surface area (Å²) in [7, 11) is -3.23. The molecule has 0 aromatic carbocycles. The lowest BCUT2D eigenvalue weighted by atomic mass is 10.2. The van der Waals surface area contributed by atoms with Gasteiger partial charge in [-0.2, -0.15) is 0 Å². The lowest BCUT2D eigenvalue weighted by Gasteiger charge is -2.10. The molecule has 102 valence electrons. The minimum absolute atomic E-state index is 0.0878. The van der Waals surface area contributed by atoms with Crippen molar-refractivity contribution in [1.82, 2.24) is 15.0 Å². The van der Waals surface area contributed by atoms with Gasteiger partial charge in [0, 0.05) is 31.5 Å². The Balaban J connectivity index is 2.45. The molecule has 0 aliphatic rings. The van der Waals surface area contributed by atoms with E-state index in [1.165, 1.54) is 0 Å². The van der Waals surface area contributed by atoms with Gasteiger partial charge in [-0.1, -0.05) is 13.8 Å². The average molecular weight is 271 g/mol. The Kier molecular flexibility index (Phi) is 5.71. The van der Waals surface area contributed by atoms with Crippen LogP contribution in [-0.4, -0.2) is 31.7 Å². The van der Waals surface area contributed by atoms with Crippen molar-refractivity contribution in [2.75, 3.05) is 12.3 Å². The normalized spacial score (nSPS) is 12.0. The largest absolute Gasteiger partial charge is 0.313 e. The van der Waals surface area contributed by atoms with Crippen LogP contribution in [0.25, 0.3) is 0 Å². The molecule has 2 N–H and O–H groups in total. The summed E-state index contributed by atoms with van der Waals surface area (Å²) >= 11 is 0. The number of nitrogens with zero attached hydrogens (tertiary/aromatic N) is 1. The highest BCUT2D eigenvalue weighted by Gasteiger charge is 2.10. The third kappa shape index (κ3) is 5.57. The lowest BCUT2D eigenvalue weighted by Crippen LogP contribution is -2.34. The van der Waals surface area contributed by atoms with E-state index in [0.717, 1.165) is 11.1 Å². The Bertz CT molecular complexity index is 472. The predicted octanol–water partition coefficient (Wildman–Crippen LogP) is 0.807. The summed E-state index contributed by atoms with van der Waals surface area (Å²) in [6, 6.07) is 2.16. The highest BCUT2D eigenvalue weighted by atomic mass is 32.2. The van der Waals surface area contributed by atoms with Crippen molar-refractivity contribution in [3.63, 3.8) is 0 Å². The number of sulfonamides is 1. The molecule has 0 bridgehead atoms. The van der Waals surface area contributed by atoms with Gasteiger partial charge in [-0.3, -0.25) is 4.98 Å². The summed E-state index contributed by atoms with van der Waals surface area (Å²) in [5, 5.41) is 3.08. The second-order valence-electron chi connectivity index (χ2n) is 4.55. The number of nitrogens with one attached hydrogen (secondary N) is 2. The zero-order chi connectivity index (χ0) is 13.6. The fraction of sp³-hybridized carbons (Fsp3) is 0.583. The fourth-order valence-corrected chi connectivity index (χ4v) is 2.33. The summed E-state index contributed by atoms with van der Waals surface area (Å²) in [4.78, 5) is 3.98. The molecule has 0 radical (unpaired) electrons. The molecule has 0 aliphatic carbocycles. The number of hydrogen-bond acceptors (Lipinski definition) is 4. The quantitative estimate of drug-likeness (QED) is 0.770. The highest BCUT2D eigenvalue weighted by Crippen LogP contribution is 2.04. The maximum Gasteiger partial charge on any atom is 0.213 e. The molecule has 1 heterocycles. The van der Waals surface area contributed by atoms with Gasteiger partial charge in [0.15, 0.2) is 0 Å². The highest BCUT2D eigenvalue weighted by molar-refractivity contribution is 7.89. The number of rotatable bonds is 7. The molecule has 1 aromatic rings. The van der Waals surface area contributed by atoms with Crippen LogP contribution in [0.3, 0.4) is 0 Å². The molecule has 0 saturated carbocycles. The number of pyridine rings is 1. The third-order valence-electron chi connectivity index (χ3n) is 2.55. The molecule has 0 saturated heterocycles. The van der Waals surface area contributed by atoms with E-state index in [0.29, 0.717) is 19.1 Å². The molecule has 1 aromatic heterocycles. The predicted molar refractivity (Wildman–Crippen MR) is 72.7 cm³/mol. The summed E-state index contributed by atoms with van der Waals surface area (Å²) in [6.07, 6.45) is 3.38. The van der Waals surface area contributed by atoms with Gasteiger partial charge in [0.2, 0.25) is 10.0 Å². The topological polar surface area (TPSA) is 71.1 Å². The maximum atomic E-state index is 11.7. The summed E-state index contributed by atoms with van der Waals surface area (Å²) in [5.74, 6) is 0.0878. The molecule has 0 fully saturated rings. The van der Waals surface area contributed by atoms with Crippen LogP contribution in [0.2, 0.25) is 0 Å². The van der Waals surface area contributed by atoms with Gasteiger partial charge in [0.1, 0.15) is 0 Å². The van der Waals surface area contributed by atoms with Crippen LogP contribution in [0, 0.1) is 6.92 Å². The standard InChI is InChI=1S/C12H21N3O2S/c1-10(2)14-6-7-18(16,17)15-9-12-8-13-5-4-11(12)3/h4-5,8,10,14-15H,6-7,9H2,1-3H3. The summed E-state index contributed by atoms with van der Waals surface area (Å²) < 4.78 is 26.0. The third-order valence-corrected chi connectivity index (χ3v) is 3.88. The van der Waals surface area contributed by atoms with Crippen molar-refractivity contribution in [2.24, 2.45) is 0 Å². The first-order chi connectivity index (χ1) is 8.41. The van der Waals surface area contributed by atoms with Gasteiger partial charge in [0.25, 0.3) is 0 Å². The van der Waals surface area contributed by atoms with E-state index in [1.807, 2.05) is 26.8 Å². The number of hydrogen-bond donors (Lipinski definition) is 2. The van der Waals surface area contributed by atoms with Gasteiger partial charge in [-0.15, -0.1) is 0 Å². The molecule has 18 heavy (non-hydrogen) atoms. The van der Waals surface area contributed by atoms with Crippen molar-refractivity contribution in [3.8, 4) is 0 Å². The Morgan fingerprint density at radius 3 is 2.72 bits per heavy atom. The van der Waals surface area contributed by atoms with Crippen LogP contribution in [0.1, 0.15) is 25.0 Å². The second-order valence-corrected chi connectivity index (χ2v) is 6.48. The number of aryl methyl sites for hydroxylation is 1. The molecule has 0 amide bonds. The maximum absolute atomic E-state index is 11.7. The van der Waals surface area contributed by atoms with E-state index in [9.17, 15) is 8.42 Å². The Morgan fingerprint density at radius 1 is 1.39 bits per heavy atom. The molecule has 6 heteroatoms. The minimum Gasteiger partial charge on any atom is -0.313 e. The fourth-order valence-electron chi connectivity index (χ4n) is 1.42. The van der Waals surface area contributed by atoms with Crippen LogP contribution in [0.4, 0.5) is 0 Å². The Labute approximate surface area is 109 Å². The van der Waals surface area contributed by atoms with E-state index in [1.54, 1.807) is 12.4 Å². The van der Waals surface area contributed by atoms with Crippen LogP contribution < -0.4 is 10.0 Å². The van der Waals surface area contributed by atoms with Crippen LogP contribution >= 0.6 is 0 Å². The number of aromatic nitrogens is 1. The Morgan fingerprint density at radius 2 is 2.11 bits per heavy atom. The molecule has 1 rings (SSSR count). The average Bonchev–Trinajstić information content (AvgIpc) is 2.27. The van der Waals surface area contributed by atoms with Crippen LogP contribution in [-0.2, 0) is 16.6 Å². The summed E-state index contributed by atoms with van der Waals surface area (Å²) in [6.45, 7) is 6.66. The first-order valence-electron chi connectivity index (χ1n) is 6.01. The van der Waals surface area contributed by atoms with Gasteiger partial charge in [0.05, 0.1) is 5.75 Å². The zero-order valence-electron chi connectivity index (χ0n) is 11.1. The molecule has 5 nitrogen and oxygen atoms in total. The smallest absolute Gasteiger partial charge is 0.213 e. The second kappa shape index (κ2) is 6.82. The van der Waals surface area contributed by atoms with Crippen LogP contribution in [0.15, 0.2) is 18.5 Å². The van der Waals surface area contributed by atoms with Gasteiger partial charge < -0.3 is 5.32 Å². The van der Waals surface area contributed by atoms with E-state index >= 15 is 0 Å². The minimum atomic E-state index is -3.23. The van der Waals surface area contributed by atoms with E-state index in [2.05, 4.69) is 15.0 Å². The van der Waals surface area contributed by atoms with Gasteiger partial charge in [-0.25, -0.2) is 13.1 Å². The zero-order valence-corrected chi connectivity index (χ0v) is 11.9. The molecular formula is C12H21N3O2S. The van der Waals surface area contributed by atoms with Crippen molar-refractivity contribution in [1.29, 1.82) is 0 Å². The molecule has 0 atom stereocenters. The monoisotopic (exact) mass is 271 g/mol. The lowest BCUT2D eigenvalue weighted by molar-refractivity contribution is 0.566. The van der Waals surface area contributed by atoms with E-state index in [-0.39, 0.29) is 5.75 Å². The van der Waals surface area contributed by atoms with E-state index in [4.69, 9.17) is 0 Å². The molecule has 0 unspecified atom stereocenters. The van der Waals surface area contributed by atoms with Crippen molar-refractivity contribution >= 4 is 10.0 Å². The van der Waals surface area contributed by atoms with Crippen molar-refractivity contribution in [3.05, 3.63) is 29.6 Å². The molecular weight excluding hydrogens is 250 g/mol.